The lowest BCUT2D eigenvalue weighted by Gasteiger charge is -2.11. The van der Waals surface area contributed by atoms with E-state index in [-0.39, 0.29) is 0 Å². The van der Waals surface area contributed by atoms with E-state index < -0.39 is 6.10 Å². The van der Waals surface area contributed by atoms with Crippen LogP contribution in [0.4, 0.5) is 0 Å². The molecule has 2 aromatic rings. The normalized spacial score (nSPS) is 12.1. The molecular weight excluding hydrogens is 196 g/mol. The van der Waals surface area contributed by atoms with Crippen molar-refractivity contribution in [1.29, 1.82) is 0 Å². The summed E-state index contributed by atoms with van der Waals surface area (Å²) in [5.74, 6) is 0. The van der Waals surface area contributed by atoms with Gasteiger partial charge in [-0.2, -0.15) is 0 Å². The molecule has 0 heterocycles. The average molecular weight is 210 g/mol. The van der Waals surface area contributed by atoms with Crippen LogP contribution in [0.5, 0.6) is 0 Å². The van der Waals surface area contributed by atoms with Crippen LogP contribution in [-0.2, 0) is 0 Å². The number of aliphatic hydroxyl groups excluding tert-OH is 1. The summed E-state index contributed by atoms with van der Waals surface area (Å²) >= 11 is 0. The van der Waals surface area contributed by atoms with Crippen molar-refractivity contribution in [2.45, 2.75) is 12.5 Å². The van der Waals surface area contributed by atoms with Crippen molar-refractivity contribution < 1.29 is 5.11 Å². The number of rotatable bonds is 3. The SMILES string of the molecule is C=C=CCC(O)c1cccc2ccccc12. The molecule has 0 radical (unpaired) electrons. The van der Waals surface area contributed by atoms with Gasteiger partial charge in [0, 0.05) is 6.42 Å². The standard InChI is InChI=1S/C15H14O/c1-2-3-11-15(16)14-10-6-8-12-7-4-5-9-13(12)14/h3-10,15-16H,1,11H2. The van der Waals surface area contributed by atoms with Gasteiger partial charge in [0.25, 0.3) is 0 Å². The molecule has 0 aliphatic rings. The number of hydrogen-bond acceptors (Lipinski definition) is 1. The Balaban J connectivity index is 2.47. The van der Waals surface area contributed by atoms with Gasteiger partial charge in [-0.05, 0) is 22.4 Å². The Labute approximate surface area is 95.4 Å². The first-order valence-corrected chi connectivity index (χ1v) is 5.33. The van der Waals surface area contributed by atoms with Crippen molar-refractivity contribution in [1.82, 2.24) is 0 Å². The van der Waals surface area contributed by atoms with E-state index in [9.17, 15) is 5.11 Å². The summed E-state index contributed by atoms with van der Waals surface area (Å²) in [4.78, 5) is 0. The molecule has 0 amide bonds. The molecule has 0 spiro atoms. The average Bonchev–Trinajstić information content (AvgIpc) is 2.35. The molecule has 1 nitrogen and oxygen atoms in total. The van der Waals surface area contributed by atoms with Crippen LogP contribution in [0.1, 0.15) is 18.1 Å². The number of aliphatic hydroxyl groups is 1. The first-order valence-electron chi connectivity index (χ1n) is 5.33. The van der Waals surface area contributed by atoms with Crippen LogP contribution in [0.3, 0.4) is 0 Å². The van der Waals surface area contributed by atoms with Crippen molar-refractivity contribution in [2.75, 3.05) is 0 Å². The van der Waals surface area contributed by atoms with Gasteiger partial charge in [-0.15, -0.1) is 5.73 Å². The van der Waals surface area contributed by atoms with Crippen LogP contribution in [0.25, 0.3) is 10.8 Å². The monoisotopic (exact) mass is 210 g/mol. The summed E-state index contributed by atoms with van der Waals surface area (Å²) < 4.78 is 0. The lowest BCUT2D eigenvalue weighted by molar-refractivity contribution is 0.183. The number of benzene rings is 2. The first kappa shape index (κ1) is 10.7. The third-order valence-electron chi connectivity index (χ3n) is 2.67. The van der Waals surface area contributed by atoms with Gasteiger partial charge in [-0.1, -0.05) is 49.0 Å². The van der Waals surface area contributed by atoms with Crippen molar-refractivity contribution in [3.05, 3.63) is 66.4 Å². The molecule has 0 aliphatic heterocycles. The largest absolute Gasteiger partial charge is 0.388 e. The van der Waals surface area contributed by atoms with Gasteiger partial charge >= 0.3 is 0 Å². The van der Waals surface area contributed by atoms with Gasteiger partial charge in [0.1, 0.15) is 0 Å². The van der Waals surface area contributed by atoms with E-state index in [1.54, 1.807) is 6.08 Å². The minimum atomic E-state index is -0.486. The maximum Gasteiger partial charge on any atom is 0.0836 e. The molecule has 0 aliphatic carbocycles. The van der Waals surface area contributed by atoms with Gasteiger partial charge in [-0.3, -0.25) is 0 Å². The van der Waals surface area contributed by atoms with Crippen molar-refractivity contribution in [2.24, 2.45) is 0 Å². The van der Waals surface area contributed by atoms with E-state index in [1.807, 2.05) is 30.3 Å². The highest BCUT2D eigenvalue weighted by atomic mass is 16.3. The minimum absolute atomic E-state index is 0.486. The first-order chi connectivity index (χ1) is 7.83. The van der Waals surface area contributed by atoms with Gasteiger partial charge in [0.05, 0.1) is 6.10 Å². The molecular formula is C15H14O. The third-order valence-corrected chi connectivity index (χ3v) is 2.67. The summed E-state index contributed by atoms with van der Waals surface area (Å²) in [6.07, 6.45) is 1.82. The van der Waals surface area contributed by atoms with Crippen molar-refractivity contribution >= 4 is 10.8 Å². The fourth-order valence-electron chi connectivity index (χ4n) is 1.86. The summed E-state index contributed by atoms with van der Waals surface area (Å²) in [7, 11) is 0. The molecule has 0 saturated heterocycles. The van der Waals surface area contributed by atoms with E-state index in [0.29, 0.717) is 6.42 Å². The molecule has 0 saturated carbocycles. The second-order valence-electron chi connectivity index (χ2n) is 3.73. The fourth-order valence-corrected chi connectivity index (χ4v) is 1.86. The van der Waals surface area contributed by atoms with Gasteiger partial charge in [0.2, 0.25) is 0 Å². The summed E-state index contributed by atoms with van der Waals surface area (Å²) in [5.41, 5.74) is 3.64. The quantitative estimate of drug-likeness (QED) is 0.767. The highest BCUT2D eigenvalue weighted by Gasteiger charge is 2.08. The van der Waals surface area contributed by atoms with E-state index in [4.69, 9.17) is 0 Å². The van der Waals surface area contributed by atoms with Gasteiger partial charge in [-0.25, -0.2) is 0 Å². The smallest absolute Gasteiger partial charge is 0.0836 e. The predicted molar refractivity (Wildman–Crippen MR) is 67.2 cm³/mol. The zero-order chi connectivity index (χ0) is 11.4. The van der Waals surface area contributed by atoms with Crippen molar-refractivity contribution in [3.63, 3.8) is 0 Å². The highest BCUT2D eigenvalue weighted by Crippen LogP contribution is 2.26. The Bertz CT molecular complexity index is 531. The molecule has 1 N–H and O–H groups in total. The van der Waals surface area contributed by atoms with Crippen LogP contribution in [0.15, 0.2) is 60.9 Å². The van der Waals surface area contributed by atoms with E-state index in [0.717, 1.165) is 16.3 Å². The zero-order valence-electron chi connectivity index (χ0n) is 9.06. The number of fused-ring (bicyclic) bond motifs is 1. The molecule has 2 rings (SSSR count). The Morgan fingerprint density at radius 3 is 2.75 bits per heavy atom. The molecule has 1 unspecified atom stereocenters. The Morgan fingerprint density at radius 1 is 1.19 bits per heavy atom. The lowest BCUT2D eigenvalue weighted by Crippen LogP contribution is -1.96. The van der Waals surface area contributed by atoms with Crippen LogP contribution in [-0.4, -0.2) is 5.11 Å². The molecule has 80 valence electrons. The van der Waals surface area contributed by atoms with Crippen LogP contribution in [0, 0.1) is 0 Å². The molecule has 2 aromatic carbocycles. The minimum Gasteiger partial charge on any atom is -0.388 e. The molecule has 0 bridgehead atoms. The van der Waals surface area contributed by atoms with E-state index in [1.165, 1.54) is 0 Å². The van der Waals surface area contributed by atoms with Crippen LogP contribution in [0.2, 0.25) is 0 Å². The van der Waals surface area contributed by atoms with E-state index >= 15 is 0 Å². The summed E-state index contributed by atoms with van der Waals surface area (Å²) in [6.45, 7) is 3.50. The van der Waals surface area contributed by atoms with Crippen molar-refractivity contribution in [3.8, 4) is 0 Å². The predicted octanol–water partition coefficient (Wildman–Crippen LogP) is 3.60. The van der Waals surface area contributed by atoms with E-state index in [2.05, 4.69) is 24.4 Å². The zero-order valence-corrected chi connectivity index (χ0v) is 9.06. The lowest BCUT2D eigenvalue weighted by atomic mass is 9.99. The maximum atomic E-state index is 10.1. The molecule has 1 heteroatoms. The summed E-state index contributed by atoms with van der Waals surface area (Å²) in [6, 6.07) is 14.1. The Kier molecular flexibility index (Phi) is 3.21. The Morgan fingerprint density at radius 2 is 1.94 bits per heavy atom. The molecule has 1 atom stereocenters. The molecule has 0 aromatic heterocycles. The fraction of sp³-hybridized carbons (Fsp3) is 0.133. The Hall–Kier alpha value is -1.82. The van der Waals surface area contributed by atoms with Gasteiger partial charge in [0.15, 0.2) is 0 Å². The molecule has 16 heavy (non-hydrogen) atoms. The van der Waals surface area contributed by atoms with Gasteiger partial charge < -0.3 is 5.11 Å². The van der Waals surface area contributed by atoms with Crippen LogP contribution < -0.4 is 0 Å². The third kappa shape index (κ3) is 2.06. The maximum absolute atomic E-state index is 10.1. The number of hydrogen-bond donors (Lipinski definition) is 1. The second kappa shape index (κ2) is 4.80. The van der Waals surface area contributed by atoms with Crippen LogP contribution >= 0.6 is 0 Å². The second-order valence-corrected chi connectivity index (χ2v) is 3.73. The summed E-state index contributed by atoms with van der Waals surface area (Å²) in [5, 5.41) is 12.3. The highest BCUT2D eigenvalue weighted by molar-refractivity contribution is 5.85. The topological polar surface area (TPSA) is 20.2 Å². The molecule has 0 fully saturated rings.